The van der Waals surface area contributed by atoms with E-state index in [1.807, 2.05) is 94.1 Å². The van der Waals surface area contributed by atoms with Gasteiger partial charge in [-0.15, -0.1) is 47.0 Å². The van der Waals surface area contributed by atoms with E-state index < -0.39 is 0 Å². The summed E-state index contributed by atoms with van der Waals surface area (Å²) in [5.74, 6) is 0.102. The fourth-order valence-corrected chi connectivity index (χ4v) is 15.3. The molecule has 2 aliphatic heterocycles. The van der Waals surface area contributed by atoms with Crippen LogP contribution in [0.2, 0.25) is 0 Å². The first-order valence-electron chi connectivity index (χ1n) is 14.3. The fraction of sp³-hybridized carbons (Fsp3) is 0.108. The van der Waals surface area contributed by atoms with Crippen molar-refractivity contribution < 1.29 is 4.79 Å². The Morgan fingerprint density at radius 3 is 1.09 bits per heavy atom. The third kappa shape index (κ3) is 6.64. The molecule has 0 spiro atoms. The van der Waals surface area contributed by atoms with Gasteiger partial charge in [-0.05, 0) is 93.8 Å². The molecule has 0 saturated carbocycles. The molecule has 2 heterocycles. The van der Waals surface area contributed by atoms with Crippen LogP contribution in [0.4, 0.5) is 0 Å². The Labute approximate surface area is 305 Å². The lowest BCUT2D eigenvalue weighted by Crippen LogP contribution is -1.96. The molecular formula is C37H28OS8. The summed E-state index contributed by atoms with van der Waals surface area (Å²) in [5.41, 5.74) is 10.3. The molecule has 0 saturated heterocycles. The van der Waals surface area contributed by atoms with Crippen LogP contribution in [-0.2, 0) is 0 Å². The van der Waals surface area contributed by atoms with E-state index in [1.165, 1.54) is 36.5 Å². The lowest BCUT2D eigenvalue weighted by Gasteiger charge is -2.07. The van der Waals surface area contributed by atoms with Gasteiger partial charge in [-0.3, -0.25) is 4.79 Å². The first kappa shape index (κ1) is 32.8. The molecule has 0 atom stereocenters. The Bertz CT molecular complexity index is 1810. The van der Waals surface area contributed by atoms with E-state index in [-0.39, 0.29) is 5.78 Å². The van der Waals surface area contributed by atoms with Crippen LogP contribution in [0.3, 0.4) is 0 Å². The number of fused-ring (bicyclic) bond motifs is 3. The Balaban J connectivity index is 1.07. The lowest BCUT2D eigenvalue weighted by atomic mass is 9.97. The predicted molar refractivity (Wildman–Crippen MR) is 221 cm³/mol. The van der Waals surface area contributed by atoms with Crippen LogP contribution >= 0.6 is 94.1 Å². The van der Waals surface area contributed by atoms with Gasteiger partial charge in [0.15, 0.2) is 5.78 Å². The normalized spacial score (nSPS) is 15.6. The van der Waals surface area contributed by atoms with Crippen molar-refractivity contribution in [3.63, 3.8) is 0 Å². The van der Waals surface area contributed by atoms with Crippen LogP contribution in [0.15, 0.2) is 110 Å². The highest BCUT2D eigenvalue weighted by Crippen LogP contribution is 2.57. The van der Waals surface area contributed by atoms with Crippen molar-refractivity contribution in [1.82, 2.24) is 0 Å². The molecule has 0 N–H and O–H groups in total. The summed E-state index contributed by atoms with van der Waals surface area (Å²) in [5, 5.41) is 0. The maximum atomic E-state index is 13.7. The topological polar surface area (TPSA) is 17.1 Å². The summed E-state index contributed by atoms with van der Waals surface area (Å²) in [6.07, 6.45) is 13.1. The van der Waals surface area contributed by atoms with Crippen LogP contribution in [0, 0.1) is 0 Å². The summed E-state index contributed by atoms with van der Waals surface area (Å²) in [6, 6.07) is 29.9. The van der Waals surface area contributed by atoms with Gasteiger partial charge in [0.05, 0.1) is 25.4 Å². The van der Waals surface area contributed by atoms with Crippen molar-refractivity contribution in [2.45, 2.75) is 0 Å². The number of carbonyl (C=O) groups is 1. The van der Waals surface area contributed by atoms with Crippen molar-refractivity contribution in [1.29, 1.82) is 0 Å². The highest BCUT2D eigenvalue weighted by molar-refractivity contribution is 8.41. The second-order valence-corrected chi connectivity index (χ2v) is 19.4. The van der Waals surface area contributed by atoms with Crippen molar-refractivity contribution in [2.24, 2.45) is 0 Å². The molecule has 0 aromatic heterocycles. The van der Waals surface area contributed by atoms with E-state index >= 15 is 0 Å². The number of benzene rings is 4. The molecule has 0 radical (unpaired) electrons. The van der Waals surface area contributed by atoms with Crippen LogP contribution in [0.25, 0.3) is 45.5 Å². The first-order valence-corrected chi connectivity index (χ1v) is 22.5. The number of thioether (sulfide) groups is 8. The van der Waals surface area contributed by atoms with Gasteiger partial charge in [-0.2, -0.15) is 0 Å². The smallest absolute Gasteiger partial charge is 0.194 e. The van der Waals surface area contributed by atoms with Gasteiger partial charge < -0.3 is 0 Å². The summed E-state index contributed by atoms with van der Waals surface area (Å²) in [6.45, 7) is 0. The Hall–Kier alpha value is -1.69. The third-order valence-electron chi connectivity index (χ3n) is 7.72. The quantitative estimate of drug-likeness (QED) is 0.153. The van der Waals surface area contributed by atoms with Gasteiger partial charge in [0.25, 0.3) is 0 Å². The number of hydrogen-bond acceptors (Lipinski definition) is 9. The molecule has 4 aromatic carbocycles. The number of rotatable bonds is 8. The Kier molecular flexibility index (Phi) is 10.3. The molecule has 1 nitrogen and oxygen atoms in total. The molecule has 1 aliphatic carbocycles. The van der Waals surface area contributed by atoms with Crippen LogP contribution in [0.1, 0.15) is 27.0 Å². The number of hydrogen-bond donors (Lipinski definition) is 0. The Morgan fingerprint density at radius 1 is 0.435 bits per heavy atom. The summed E-state index contributed by atoms with van der Waals surface area (Å²) < 4.78 is 8.15. The van der Waals surface area contributed by atoms with Gasteiger partial charge in [-0.1, -0.05) is 120 Å². The molecule has 9 heteroatoms. The second-order valence-electron chi connectivity index (χ2n) is 10.4. The first-order chi connectivity index (χ1) is 22.5. The van der Waals surface area contributed by atoms with E-state index in [2.05, 4.69) is 122 Å². The second kappa shape index (κ2) is 14.4. The zero-order valence-electron chi connectivity index (χ0n) is 25.4. The minimum atomic E-state index is 0.102. The van der Waals surface area contributed by atoms with E-state index in [9.17, 15) is 4.79 Å². The fourth-order valence-electron chi connectivity index (χ4n) is 5.45. The lowest BCUT2D eigenvalue weighted by molar-refractivity contribution is 0.104. The standard InChI is InChI=1S/C37H28OS8/c1-39-34-35(40-2)44-31(43-34)17-21-5-9-23(10-6-21)25-13-15-27-28-16-14-26(20-30(28)33(38)29(27)19-25)24-11-7-22(8-12-24)18-32-45-36(41-3)37(42-4)46-32/h5-20H,1-4H3. The number of carbonyl (C=O) groups excluding carboxylic acids is 1. The van der Waals surface area contributed by atoms with Crippen molar-refractivity contribution >= 4 is 112 Å². The molecule has 0 fully saturated rings. The molecule has 7 rings (SSSR count). The van der Waals surface area contributed by atoms with E-state index in [0.717, 1.165) is 44.5 Å². The van der Waals surface area contributed by atoms with Gasteiger partial charge in [-0.25, -0.2) is 0 Å². The molecule has 0 amide bonds. The van der Waals surface area contributed by atoms with Gasteiger partial charge in [0.1, 0.15) is 0 Å². The Morgan fingerprint density at radius 2 is 0.761 bits per heavy atom. The predicted octanol–water partition coefficient (Wildman–Crippen LogP) is 13.5. The van der Waals surface area contributed by atoms with Gasteiger partial charge >= 0.3 is 0 Å². The minimum absolute atomic E-state index is 0.102. The molecule has 46 heavy (non-hydrogen) atoms. The van der Waals surface area contributed by atoms with Gasteiger partial charge in [0.2, 0.25) is 0 Å². The highest BCUT2D eigenvalue weighted by Gasteiger charge is 2.27. The SMILES string of the molecule is CSC1=C(SC)SC(=Cc2ccc(-c3ccc4c(c3)C(=O)c3cc(-c5ccc(C=C6SC(SC)=C(SC)S6)cc5)ccc3-4)cc2)S1. The maximum absolute atomic E-state index is 13.7. The van der Waals surface area contributed by atoms with Crippen molar-refractivity contribution in [2.75, 3.05) is 25.0 Å². The van der Waals surface area contributed by atoms with Crippen LogP contribution in [-0.4, -0.2) is 30.8 Å². The summed E-state index contributed by atoms with van der Waals surface area (Å²) in [7, 11) is 0. The summed E-state index contributed by atoms with van der Waals surface area (Å²) in [4.78, 5) is 13.7. The van der Waals surface area contributed by atoms with Gasteiger partial charge in [0, 0.05) is 11.1 Å². The largest absolute Gasteiger partial charge is 0.289 e. The minimum Gasteiger partial charge on any atom is -0.289 e. The van der Waals surface area contributed by atoms with Crippen LogP contribution < -0.4 is 0 Å². The molecule has 3 aliphatic rings. The zero-order valence-corrected chi connectivity index (χ0v) is 31.9. The van der Waals surface area contributed by atoms with Crippen molar-refractivity contribution in [3.05, 3.63) is 133 Å². The third-order valence-corrected chi connectivity index (χ3v) is 17.9. The van der Waals surface area contributed by atoms with E-state index in [0.29, 0.717) is 0 Å². The average Bonchev–Trinajstić information content (AvgIpc) is 3.78. The zero-order chi connectivity index (χ0) is 31.8. The van der Waals surface area contributed by atoms with Crippen LogP contribution in [0.5, 0.6) is 0 Å². The average molecular weight is 745 g/mol. The molecule has 4 aromatic rings. The van der Waals surface area contributed by atoms with Crippen molar-refractivity contribution in [3.8, 4) is 33.4 Å². The molecular weight excluding hydrogens is 717 g/mol. The van der Waals surface area contributed by atoms with E-state index in [1.54, 1.807) is 0 Å². The molecule has 230 valence electrons. The highest BCUT2D eigenvalue weighted by atomic mass is 32.3. The maximum Gasteiger partial charge on any atom is 0.194 e. The number of ketones is 1. The summed E-state index contributed by atoms with van der Waals surface area (Å²) >= 11 is 14.7. The molecule has 0 bridgehead atoms. The monoisotopic (exact) mass is 744 g/mol. The van der Waals surface area contributed by atoms with E-state index in [4.69, 9.17) is 0 Å². The molecule has 0 unspecified atom stereocenters.